The summed E-state index contributed by atoms with van der Waals surface area (Å²) in [6.45, 7) is 1.61. The molecule has 96 valence electrons. The van der Waals surface area contributed by atoms with Crippen LogP contribution in [0, 0.1) is 6.92 Å². The van der Waals surface area contributed by atoms with Crippen LogP contribution in [0.2, 0.25) is 0 Å². The zero-order valence-electron chi connectivity index (χ0n) is 9.88. The number of esters is 1. The molecule has 0 aliphatic carbocycles. The van der Waals surface area contributed by atoms with E-state index in [1.165, 1.54) is 21.3 Å². The minimum Gasteiger partial charge on any atom is -0.465 e. The molecule has 0 N–H and O–H groups in total. The lowest BCUT2D eigenvalue weighted by molar-refractivity contribution is -0.0259. The highest BCUT2D eigenvalue weighted by atomic mass is 32.2. The van der Waals surface area contributed by atoms with Gasteiger partial charge in [0.15, 0.2) is 0 Å². The second-order valence-electron chi connectivity index (χ2n) is 3.17. The van der Waals surface area contributed by atoms with Gasteiger partial charge < -0.3 is 4.74 Å². The van der Waals surface area contributed by atoms with Crippen LogP contribution in [-0.4, -0.2) is 40.1 Å². The van der Waals surface area contributed by atoms with Crippen LogP contribution in [-0.2, 0) is 19.6 Å². The van der Waals surface area contributed by atoms with E-state index in [-0.39, 0.29) is 9.77 Å². The quantitative estimate of drug-likeness (QED) is 0.608. The Kier molecular flexibility index (Phi) is 4.26. The molecule has 0 unspecified atom stereocenters. The van der Waals surface area contributed by atoms with Crippen LogP contribution < -0.4 is 0 Å². The molecule has 0 aliphatic rings. The lowest BCUT2D eigenvalue weighted by Crippen LogP contribution is -2.27. The SMILES string of the molecule is COC(=O)c1scc(C)c1S(=O)(=O)N(C)OC. The van der Waals surface area contributed by atoms with E-state index in [0.29, 0.717) is 10.0 Å². The summed E-state index contributed by atoms with van der Waals surface area (Å²) in [5.41, 5.74) is 0.485. The summed E-state index contributed by atoms with van der Waals surface area (Å²) in [6, 6.07) is 0. The number of carbonyl (C=O) groups is 1. The molecule has 0 saturated heterocycles. The summed E-state index contributed by atoms with van der Waals surface area (Å²) in [6.07, 6.45) is 0. The molecule has 0 aliphatic heterocycles. The summed E-state index contributed by atoms with van der Waals surface area (Å²) in [4.78, 5) is 16.1. The van der Waals surface area contributed by atoms with Gasteiger partial charge in [-0.05, 0) is 17.9 Å². The molecule has 0 amide bonds. The number of hydrogen-bond acceptors (Lipinski definition) is 6. The number of rotatable bonds is 4. The van der Waals surface area contributed by atoms with Gasteiger partial charge in [0.05, 0.1) is 14.2 Å². The highest BCUT2D eigenvalue weighted by Gasteiger charge is 2.31. The maximum Gasteiger partial charge on any atom is 0.349 e. The molecule has 1 rings (SSSR count). The number of methoxy groups -OCH3 is 1. The third-order valence-electron chi connectivity index (χ3n) is 2.14. The maximum atomic E-state index is 12.1. The van der Waals surface area contributed by atoms with Crippen molar-refractivity contribution in [2.24, 2.45) is 0 Å². The number of sulfonamides is 1. The van der Waals surface area contributed by atoms with Crippen LogP contribution in [0.1, 0.15) is 15.2 Å². The Bertz CT molecular complexity index is 519. The maximum absolute atomic E-state index is 12.1. The Morgan fingerprint density at radius 1 is 1.41 bits per heavy atom. The number of hydroxylamine groups is 1. The molecule has 1 heterocycles. The molecule has 1 aromatic heterocycles. The summed E-state index contributed by atoms with van der Waals surface area (Å²) in [7, 11) is -0.149. The molecule has 0 spiro atoms. The van der Waals surface area contributed by atoms with Crippen LogP contribution in [0.15, 0.2) is 10.3 Å². The van der Waals surface area contributed by atoms with Gasteiger partial charge in [-0.1, -0.05) is 4.47 Å². The van der Waals surface area contributed by atoms with E-state index in [2.05, 4.69) is 9.57 Å². The summed E-state index contributed by atoms with van der Waals surface area (Å²) < 4.78 is 29.4. The molecule has 0 aromatic carbocycles. The van der Waals surface area contributed by atoms with Gasteiger partial charge in [-0.15, -0.1) is 11.3 Å². The topological polar surface area (TPSA) is 72.9 Å². The first kappa shape index (κ1) is 14.1. The van der Waals surface area contributed by atoms with Crippen LogP contribution in [0.25, 0.3) is 0 Å². The fourth-order valence-electron chi connectivity index (χ4n) is 1.21. The second-order valence-corrected chi connectivity index (χ2v) is 5.92. The normalized spacial score (nSPS) is 11.8. The van der Waals surface area contributed by atoms with Crippen molar-refractivity contribution < 1.29 is 22.8 Å². The minimum atomic E-state index is -3.84. The Labute approximate surface area is 104 Å². The Hall–Kier alpha value is -0.960. The van der Waals surface area contributed by atoms with Crippen molar-refractivity contribution in [3.8, 4) is 0 Å². The van der Waals surface area contributed by atoms with Gasteiger partial charge in [-0.2, -0.15) is 0 Å². The lowest BCUT2D eigenvalue weighted by atomic mass is 10.3. The van der Waals surface area contributed by atoms with E-state index < -0.39 is 16.0 Å². The molecule has 0 fully saturated rings. The van der Waals surface area contributed by atoms with Crippen LogP contribution >= 0.6 is 11.3 Å². The van der Waals surface area contributed by atoms with Gasteiger partial charge in [0.1, 0.15) is 9.77 Å². The number of thiophene rings is 1. The summed E-state index contributed by atoms with van der Waals surface area (Å²) >= 11 is 1.03. The van der Waals surface area contributed by atoms with E-state index in [9.17, 15) is 13.2 Å². The van der Waals surface area contributed by atoms with Crippen molar-refractivity contribution in [2.75, 3.05) is 21.3 Å². The molecule has 17 heavy (non-hydrogen) atoms. The molecular weight excluding hydrogens is 266 g/mol. The lowest BCUT2D eigenvalue weighted by Gasteiger charge is -2.14. The Morgan fingerprint density at radius 2 is 2.00 bits per heavy atom. The van der Waals surface area contributed by atoms with Crippen molar-refractivity contribution in [3.05, 3.63) is 15.8 Å². The van der Waals surface area contributed by atoms with Crippen molar-refractivity contribution in [3.63, 3.8) is 0 Å². The highest BCUT2D eigenvalue weighted by Crippen LogP contribution is 2.29. The highest BCUT2D eigenvalue weighted by molar-refractivity contribution is 7.89. The smallest absolute Gasteiger partial charge is 0.349 e. The standard InChI is InChI=1S/C9H13NO5S2/c1-6-5-16-7(9(11)14-3)8(6)17(12,13)10(2)15-4/h5H,1-4H3. The van der Waals surface area contributed by atoms with E-state index in [0.717, 1.165) is 11.3 Å². The monoisotopic (exact) mass is 279 g/mol. The molecule has 0 saturated carbocycles. The number of aryl methyl sites for hydroxylation is 1. The largest absolute Gasteiger partial charge is 0.465 e. The molecule has 6 nitrogen and oxygen atoms in total. The predicted molar refractivity (Wildman–Crippen MR) is 62.4 cm³/mol. The first-order valence-electron chi connectivity index (χ1n) is 4.55. The van der Waals surface area contributed by atoms with Gasteiger partial charge >= 0.3 is 5.97 Å². The van der Waals surface area contributed by atoms with E-state index in [4.69, 9.17) is 0 Å². The zero-order chi connectivity index (χ0) is 13.2. The van der Waals surface area contributed by atoms with Gasteiger partial charge in [-0.25, -0.2) is 13.2 Å². The van der Waals surface area contributed by atoms with Crippen molar-refractivity contribution in [1.82, 2.24) is 4.47 Å². The van der Waals surface area contributed by atoms with Crippen LogP contribution in [0.5, 0.6) is 0 Å². The summed E-state index contributed by atoms with van der Waals surface area (Å²) in [5.74, 6) is -0.675. The molecule has 0 atom stereocenters. The number of ether oxygens (including phenoxy) is 1. The second kappa shape index (κ2) is 5.13. The Morgan fingerprint density at radius 3 is 2.47 bits per heavy atom. The van der Waals surface area contributed by atoms with Crippen LogP contribution in [0.3, 0.4) is 0 Å². The first-order valence-corrected chi connectivity index (χ1v) is 6.87. The van der Waals surface area contributed by atoms with E-state index in [1.807, 2.05) is 0 Å². The van der Waals surface area contributed by atoms with Gasteiger partial charge in [0, 0.05) is 7.05 Å². The number of hydrogen-bond donors (Lipinski definition) is 0. The van der Waals surface area contributed by atoms with Crippen LogP contribution in [0.4, 0.5) is 0 Å². The van der Waals surface area contributed by atoms with Gasteiger partial charge in [0.2, 0.25) is 0 Å². The average molecular weight is 279 g/mol. The van der Waals surface area contributed by atoms with Gasteiger partial charge in [-0.3, -0.25) is 4.84 Å². The fraction of sp³-hybridized carbons (Fsp3) is 0.444. The van der Waals surface area contributed by atoms with E-state index >= 15 is 0 Å². The molecule has 0 bridgehead atoms. The molecular formula is C9H13NO5S2. The minimum absolute atomic E-state index is 0.0499. The molecule has 1 aromatic rings. The zero-order valence-corrected chi connectivity index (χ0v) is 11.5. The van der Waals surface area contributed by atoms with Crippen molar-refractivity contribution >= 4 is 27.3 Å². The molecule has 0 radical (unpaired) electrons. The first-order chi connectivity index (χ1) is 7.86. The van der Waals surface area contributed by atoms with Crippen molar-refractivity contribution in [2.45, 2.75) is 11.8 Å². The number of carbonyl (C=O) groups excluding carboxylic acids is 1. The summed E-state index contributed by atoms with van der Waals surface area (Å²) in [5, 5.41) is 1.59. The Balaban J connectivity index is 3.41. The van der Waals surface area contributed by atoms with E-state index in [1.54, 1.807) is 12.3 Å². The average Bonchev–Trinajstić information content (AvgIpc) is 2.69. The molecule has 8 heteroatoms. The number of nitrogens with zero attached hydrogens (tertiary/aromatic N) is 1. The predicted octanol–water partition coefficient (Wildman–Crippen LogP) is 1.03. The fourth-order valence-corrected chi connectivity index (χ4v) is 3.85. The third-order valence-corrected chi connectivity index (χ3v) is 5.22. The van der Waals surface area contributed by atoms with Gasteiger partial charge in [0.25, 0.3) is 10.0 Å². The van der Waals surface area contributed by atoms with Crippen molar-refractivity contribution in [1.29, 1.82) is 0 Å². The third kappa shape index (κ3) is 2.49.